The summed E-state index contributed by atoms with van der Waals surface area (Å²) in [4.78, 5) is 4.10. The number of halogens is 2. The van der Waals surface area contributed by atoms with Crippen LogP contribution < -0.4 is 5.32 Å². The molecule has 2 heterocycles. The van der Waals surface area contributed by atoms with Crippen molar-refractivity contribution in [2.45, 2.75) is 13.5 Å². The van der Waals surface area contributed by atoms with Crippen LogP contribution in [0.4, 0.5) is 14.6 Å². The monoisotopic (exact) mass is 274 g/mol. The molecule has 0 saturated heterocycles. The van der Waals surface area contributed by atoms with Crippen LogP contribution in [0.15, 0.2) is 36.7 Å². The normalized spacial score (nSPS) is 10.9. The van der Waals surface area contributed by atoms with Gasteiger partial charge in [0.2, 0.25) is 0 Å². The zero-order valence-corrected chi connectivity index (χ0v) is 10.8. The van der Waals surface area contributed by atoms with Crippen molar-refractivity contribution >= 4 is 11.5 Å². The smallest absolute Gasteiger partial charge is 0.157 e. The van der Waals surface area contributed by atoms with E-state index in [-0.39, 0.29) is 12.1 Å². The number of nitrogens with zero attached hydrogens (tertiary/aromatic N) is 3. The van der Waals surface area contributed by atoms with E-state index < -0.39 is 11.6 Å². The van der Waals surface area contributed by atoms with Crippen molar-refractivity contribution in [1.29, 1.82) is 0 Å². The first kappa shape index (κ1) is 12.5. The molecule has 3 aromatic rings. The van der Waals surface area contributed by atoms with E-state index in [0.717, 1.165) is 17.7 Å². The van der Waals surface area contributed by atoms with Gasteiger partial charge >= 0.3 is 0 Å². The van der Waals surface area contributed by atoms with Crippen molar-refractivity contribution in [2.75, 3.05) is 5.32 Å². The van der Waals surface area contributed by atoms with Crippen LogP contribution in [0.25, 0.3) is 5.65 Å². The van der Waals surface area contributed by atoms with Gasteiger partial charge in [-0.15, -0.1) is 0 Å². The van der Waals surface area contributed by atoms with Crippen molar-refractivity contribution < 1.29 is 8.78 Å². The van der Waals surface area contributed by atoms with Crippen molar-refractivity contribution in [1.82, 2.24) is 14.6 Å². The standard InChI is InChI=1S/C14H12F2N4/c1-9-4-13(20-14(5-9)18-8-19-20)17-7-10-6-11(15)2-3-12(10)16/h2-6,8,17H,7H2,1H3. The third-order valence-electron chi connectivity index (χ3n) is 2.99. The van der Waals surface area contributed by atoms with Crippen LogP contribution in [-0.4, -0.2) is 14.6 Å². The maximum atomic E-state index is 13.6. The largest absolute Gasteiger partial charge is 0.366 e. The predicted octanol–water partition coefficient (Wildman–Crippen LogP) is 2.93. The molecule has 0 atom stereocenters. The summed E-state index contributed by atoms with van der Waals surface area (Å²) >= 11 is 0. The molecule has 0 aliphatic heterocycles. The lowest BCUT2D eigenvalue weighted by Crippen LogP contribution is -2.07. The van der Waals surface area contributed by atoms with Gasteiger partial charge in [0.05, 0.1) is 0 Å². The fourth-order valence-electron chi connectivity index (χ4n) is 2.05. The molecule has 102 valence electrons. The molecule has 6 heteroatoms. The molecule has 0 saturated carbocycles. The second kappa shape index (κ2) is 4.88. The number of aromatic nitrogens is 3. The van der Waals surface area contributed by atoms with Crippen LogP contribution in [0.3, 0.4) is 0 Å². The van der Waals surface area contributed by atoms with E-state index in [0.29, 0.717) is 11.5 Å². The average molecular weight is 274 g/mol. The van der Waals surface area contributed by atoms with E-state index in [9.17, 15) is 8.78 Å². The van der Waals surface area contributed by atoms with Crippen LogP contribution in [0, 0.1) is 18.6 Å². The molecule has 0 amide bonds. The Morgan fingerprint density at radius 2 is 2.05 bits per heavy atom. The first-order chi connectivity index (χ1) is 9.63. The van der Waals surface area contributed by atoms with Gasteiger partial charge in [0.25, 0.3) is 0 Å². The molecule has 0 aliphatic carbocycles. The number of nitrogens with one attached hydrogen (secondary N) is 1. The SMILES string of the molecule is Cc1cc(NCc2cc(F)ccc2F)n2ncnc2c1. The molecule has 0 bridgehead atoms. The lowest BCUT2D eigenvalue weighted by atomic mass is 10.2. The Kier molecular flexibility index (Phi) is 3.06. The van der Waals surface area contributed by atoms with Gasteiger partial charge in [0.1, 0.15) is 23.8 Å². The fraction of sp³-hybridized carbons (Fsp3) is 0.143. The second-order valence-corrected chi connectivity index (χ2v) is 4.54. The van der Waals surface area contributed by atoms with E-state index in [4.69, 9.17) is 0 Å². The Hall–Kier alpha value is -2.50. The third kappa shape index (κ3) is 2.32. The van der Waals surface area contributed by atoms with Gasteiger partial charge < -0.3 is 5.32 Å². The predicted molar refractivity (Wildman–Crippen MR) is 71.4 cm³/mol. The summed E-state index contributed by atoms with van der Waals surface area (Å²) < 4.78 is 28.3. The first-order valence-corrected chi connectivity index (χ1v) is 6.12. The van der Waals surface area contributed by atoms with E-state index in [1.165, 1.54) is 12.4 Å². The highest BCUT2D eigenvalue weighted by atomic mass is 19.1. The molecule has 3 rings (SSSR count). The molecule has 0 fully saturated rings. The summed E-state index contributed by atoms with van der Waals surface area (Å²) in [5.74, 6) is -0.221. The Bertz CT molecular complexity index is 767. The number of pyridine rings is 1. The lowest BCUT2D eigenvalue weighted by molar-refractivity contribution is 0.587. The molecule has 20 heavy (non-hydrogen) atoms. The minimum Gasteiger partial charge on any atom is -0.366 e. The van der Waals surface area contributed by atoms with E-state index in [1.807, 2.05) is 19.1 Å². The number of benzene rings is 1. The van der Waals surface area contributed by atoms with Crippen molar-refractivity contribution in [3.63, 3.8) is 0 Å². The Balaban J connectivity index is 1.90. The van der Waals surface area contributed by atoms with Gasteiger partial charge in [-0.05, 0) is 42.8 Å². The number of anilines is 1. The fourth-order valence-corrected chi connectivity index (χ4v) is 2.05. The van der Waals surface area contributed by atoms with E-state index in [2.05, 4.69) is 15.4 Å². The highest BCUT2D eigenvalue weighted by Gasteiger charge is 2.07. The zero-order valence-electron chi connectivity index (χ0n) is 10.8. The molecule has 2 aromatic heterocycles. The van der Waals surface area contributed by atoms with Gasteiger partial charge in [0, 0.05) is 12.1 Å². The summed E-state index contributed by atoms with van der Waals surface area (Å²) in [6.45, 7) is 2.10. The molecule has 0 spiro atoms. The molecule has 0 unspecified atom stereocenters. The molecular formula is C14H12F2N4. The Morgan fingerprint density at radius 3 is 2.90 bits per heavy atom. The van der Waals surface area contributed by atoms with Crippen LogP contribution in [0.1, 0.15) is 11.1 Å². The molecule has 4 nitrogen and oxygen atoms in total. The van der Waals surface area contributed by atoms with Crippen LogP contribution >= 0.6 is 0 Å². The number of hydrogen-bond donors (Lipinski definition) is 1. The highest BCUT2D eigenvalue weighted by Crippen LogP contribution is 2.16. The van der Waals surface area contributed by atoms with Gasteiger partial charge in [-0.1, -0.05) is 0 Å². The minimum absolute atomic E-state index is 0.169. The number of hydrogen-bond acceptors (Lipinski definition) is 3. The summed E-state index contributed by atoms with van der Waals surface area (Å²) in [5.41, 5.74) is 1.97. The average Bonchev–Trinajstić information content (AvgIpc) is 2.87. The van der Waals surface area contributed by atoms with Crippen molar-refractivity contribution in [3.8, 4) is 0 Å². The topological polar surface area (TPSA) is 42.2 Å². The van der Waals surface area contributed by atoms with Crippen LogP contribution in [0.2, 0.25) is 0 Å². The maximum absolute atomic E-state index is 13.6. The summed E-state index contributed by atoms with van der Waals surface area (Å²) in [7, 11) is 0. The van der Waals surface area contributed by atoms with E-state index >= 15 is 0 Å². The zero-order chi connectivity index (χ0) is 14.1. The van der Waals surface area contributed by atoms with Gasteiger partial charge in [-0.2, -0.15) is 9.61 Å². The Morgan fingerprint density at radius 1 is 1.20 bits per heavy atom. The van der Waals surface area contributed by atoms with Crippen molar-refractivity contribution in [2.24, 2.45) is 0 Å². The van der Waals surface area contributed by atoms with E-state index in [1.54, 1.807) is 4.52 Å². The molecular weight excluding hydrogens is 262 g/mol. The summed E-state index contributed by atoms with van der Waals surface area (Å²) in [6.07, 6.45) is 1.45. The minimum atomic E-state index is -0.460. The van der Waals surface area contributed by atoms with Gasteiger partial charge in [0.15, 0.2) is 5.65 Å². The number of rotatable bonds is 3. The Labute approximate surface area is 114 Å². The first-order valence-electron chi connectivity index (χ1n) is 6.12. The second-order valence-electron chi connectivity index (χ2n) is 4.54. The number of aryl methyl sites for hydroxylation is 1. The molecule has 0 aliphatic rings. The third-order valence-corrected chi connectivity index (χ3v) is 2.99. The number of fused-ring (bicyclic) bond motifs is 1. The lowest BCUT2D eigenvalue weighted by Gasteiger charge is -2.10. The van der Waals surface area contributed by atoms with Gasteiger partial charge in [-0.3, -0.25) is 0 Å². The summed E-state index contributed by atoms with van der Waals surface area (Å²) in [6, 6.07) is 7.16. The molecule has 0 radical (unpaired) electrons. The van der Waals surface area contributed by atoms with Crippen molar-refractivity contribution in [3.05, 3.63) is 59.4 Å². The molecule has 1 N–H and O–H groups in total. The van der Waals surface area contributed by atoms with Crippen LogP contribution in [-0.2, 0) is 6.54 Å². The molecule has 1 aromatic carbocycles. The van der Waals surface area contributed by atoms with Gasteiger partial charge in [-0.25, -0.2) is 13.8 Å². The quantitative estimate of drug-likeness (QED) is 0.798. The van der Waals surface area contributed by atoms with Crippen LogP contribution in [0.5, 0.6) is 0 Å². The maximum Gasteiger partial charge on any atom is 0.157 e. The summed E-state index contributed by atoms with van der Waals surface area (Å²) in [5, 5.41) is 7.14. The highest BCUT2D eigenvalue weighted by molar-refractivity contribution is 5.51.